The lowest BCUT2D eigenvalue weighted by atomic mass is 10.1. The molecule has 0 saturated heterocycles. The van der Waals surface area contributed by atoms with E-state index in [2.05, 4.69) is 15.6 Å². The maximum atomic E-state index is 13.1. The Hall–Kier alpha value is -3.55. The number of para-hydroxylation sites is 1. The van der Waals surface area contributed by atoms with Gasteiger partial charge in [0.1, 0.15) is 11.4 Å². The molecule has 8 heteroatoms. The van der Waals surface area contributed by atoms with E-state index in [0.717, 1.165) is 11.8 Å². The lowest BCUT2D eigenvalue weighted by Gasteiger charge is -2.13. The summed E-state index contributed by atoms with van der Waals surface area (Å²) in [6.07, 6.45) is -3.18. The Bertz CT molecular complexity index is 973. The van der Waals surface area contributed by atoms with Gasteiger partial charge in [0.2, 0.25) is 0 Å². The van der Waals surface area contributed by atoms with Crippen LogP contribution in [0.3, 0.4) is 0 Å². The number of hydrogen-bond acceptors (Lipinski definition) is 4. The number of methoxy groups -OCH3 is 1. The summed E-state index contributed by atoms with van der Waals surface area (Å²) in [5, 5.41) is 5.37. The topological polar surface area (TPSA) is 63.2 Å². The minimum atomic E-state index is -4.57. The van der Waals surface area contributed by atoms with Crippen LogP contribution in [0.1, 0.15) is 16.1 Å². The zero-order valence-electron chi connectivity index (χ0n) is 14.7. The molecule has 0 aliphatic heterocycles. The van der Waals surface area contributed by atoms with Gasteiger partial charge in [-0.15, -0.1) is 0 Å². The van der Waals surface area contributed by atoms with Crippen molar-refractivity contribution in [1.29, 1.82) is 0 Å². The quantitative estimate of drug-likeness (QED) is 0.639. The number of halogens is 3. The number of pyridine rings is 1. The second-order valence-electron chi connectivity index (χ2n) is 5.78. The van der Waals surface area contributed by atoms with Crippen molar-refractivity contribution in [2.24, 2.45) is 0 Å². The monoisotopic (exact) mass is 387 g/mol. The van der Waals surface area contributed by atoms with E-state index in [1.165, 1.54) is 30.5 Å². The number of aromatic nitrogens is 1. The van der Waals surface area contributed by atoms with Crippen LogP contribution in [-0.2, 0) is 6.18 Å². The molecule has 2 N–H and O–H groups in total. The number of carbonyl (C=O) groups is 1. The molecule has 28 heavy (non-hydrogen) atoms. The summed E-state index contributed by atoms with van der Waals surface area (Å²) in [6, 6.07) is 15.0. The Balaban J connectivity index is 1.77. The fraction of sp³-hybridized carbons (Fsp3) is 0.100. The Labute approximate surface area is 159 Å². The minimum Gasteiger partial charge on any atom is -0.497 e. The molecule has 0 unspecified atom stereocenters. The van der Waals surface area contributed by atoms with Crippen LogP contribution in [-0.4, -0.2) is 18.0 Å². The second-order valence-corrected chi connectivity index (χ2v) is 5.78. The van der Waals surface area contributed by atoms with E-state index >= 15 is 0 Å². The van der Waals surface area contributed by atoms with Gasteiger partial charge in [0, 0.05) is 17.6 Å². The van der Waals surface area contributed by atoms with E-state index in [0.29, 0.717) is 11.4 Å². The molecule has 0 radical (unpaired) electrons. The molecular weight excluding hydrogens is 371 g/mol. The van der Waals surface area contributed by atoms with Crippen LogP contribution in [0.15, 0.2) is 66.9 Å². The van der Waals surface area contributed by atoms with Crippen molar-refractivity contribution in [2.45, 2.75) is 6.18 Å². The van der Waals surface area contributed by atoms with Gasteiger partial charge in [0.15, 0.2) is 0 Å². The maximum Gasteiger partial charge on any atom is 0.418 e. The SMILES string of the molecule is COc1ccc(Nc2ccnc(C(=O)Nc3ccccc3C(F)(F)F)c2)cc1. The Kier molecular flexibility index (Phi) is 5.49. The van der Waals surface area contributed by atoms with Crippen LogP contribution in [0.4, 0.5) is 30.2 Å². The molecule has 5 nitrogen and oxygen atoms in total. The van der Waals surface area contributed by atoms with E-state index in [1.54, 1.807) is 37.4 Å². The lowest BCUT2D eigenvalue weighted by molar-refractivity contribution is -0.136. The first kappa shape index (κ1) is 19.2. The van der Waals surface area contributed by atoms with Gasteiger partial charge in [0.05, 0.1) is 18.4 Å². The van der Waals surface area contributed by atoms with Crippen molar-refractivity contribution in [3.05, 3.63) is 78.1 Å². The molecule has 3 aromatic rings. The second kappa shape index (κ2) is 7.99. The Morgan fingerprint density at radius 1 is 1.00 bits per heavy atom. The number of anilines is 3. The summed E-state index contributed by atoms with van der Waals surface area (Å²) in [6.45, 7) is 0. The predicted molar refractivity (Wildman–Crippen MR) is 99.9 cm³/mol. The van der Waals surface area contributed by atoms with Crippen LogP contribution in [0.2, 0.25) is 0 Å². The summed E-state index contributed by atoms with van der Waals surface area (Å²) in [5.74, 6) is -0.0428. The number of hydrogen-bond donors (Lipinski definition) is 2. The average Bonchev–Trinajstić information content (AvgIpc) is 2.68. The third-order valence-electron chi connectivity index (χ3n) is 3.85. The summed E-state index contributed by atoms with van der Waals surface area (Å²) in [4.78, 5) is 16.3. The number of ether oxygens (including phenoxy) is 1. The first-order valence-electron chi connectivity index (χ1n) is 8.21. The minimum absolute atomic E-state index is 0.0181. The average molecular weight is 387 g/mol. The molecular formula is C20H16F3N3O2. The van der Waals surface area contributed by atoms with Crippen LogP contribution in [0.5, 0.6) is 5.75 Å². The van der Waals surface area contributed by atoms with Crippen molar-refractivity contribution >= 4 is 23.0 Å². The summed E-state index contributed by atoms with van der Waals surface area (Å²) in [7, 11) is 1.56. The van der Waals surface area contributed by atoms with Gasteiger partial charge < -0.3 is 15.4 Å². The molecule has 3 rings (SSSR count). The molecule has 144 valence electrons. The highest BCUT2D eigenvalue weighted by atomic mass is 19.4. The number of alkyl halides is 3. The van der Waals surface area contributed by atoms with Gasteiger partial charge in [-0.1, -0.05) is 12.1 Å². The van der Waals surface area contributed by atoms with Gasteiger partial charge in [-0.2, -0.15) is 13.2 Å². The molecule has 0 fully saturated rings. The molecule has 1 aromatic heterocycles. The van der Waals surface area contributed by atoms with Crippen LogP contribution in [0, 0.1) is 0 Å². The fourth-order valence-corrected chi connectivity index (χ4v) is 2.50. The molecule has 0 aliphatic rings. The van der Waals surface area contributed by atoms with Gasteiger partial charge in [-0.25, -0.2) is 0 Å². The molecule has 0 bridgehead atoms. The predicted octanol–water partition coefficient (Wildman–Crippen LogP) is 5.10. The molecule has 1 amide bonds. The van der Waals surface area contributed by atoms with Crippen molar-refractivity contribution in [1.82, 2.24) is 4.98 Å². The van der Waals surface area contributed by atoms with Crippen molar-refractivity contribution in [3.63, 3.8) is 0 Å². The van der Waals surface area contributed by atoms with Gasteiger partial charge in [-0.05, 0) is 48.5 Å². The molecule has 2 aromatic carbocycles. The zero-order chi connectivity index (χ0) is 20.1. The molecule has 0 saturated carbocycles. The van der Waals surface area contributed by atoms with Gasteiger partial charge in [-0.3, -0.25) is 9.78 Å². The smallest absolute Gasteiger partial charge is 0.418 e. The number of amides is 1. The largest absolute Gasteiger partial charge is 0.497 e. The molecule has 0 atom stereocenters. The van der Waals surface area contributed by atoms with Crippen molar-refractivity contribution < 1.29 is 22.7 Å². The molecule has 1 heterocycles. The standard InChI is InChI=1S/C20H16F3N3O2/c1-28-15-8-6-13(7-9-15)25-14-10-11-24-18(12-14)19(27)26-17-5-3-2-4-16(17)20(21,22)23/h2-12H,1H3,(H,24,25)(H,26,27). The maximum absolute atomic E-state index is 13.1. The molecule has 0 aliphatic carbocycles. The van der Waals surface area contributed by atoms with Gasteiger partial charge >= 0.3 is 6.18 Å². The van der Waals surface area contributed by atoms with Crippen LogP contribution < -0.4 is 15.4 Å². The third kappa shape index (κ3) is 4.59. The van der Waals surface area contributed by atoms with Crippen LogP contribution >= 0.6 is 0 Å². The number of benzene rings is 2. The van der Waals surface area contributed by atoms with Crippen molar-refractivity contribution in [3.8, 4) is 5.75 Å². The Morgan fingerprint density at radius 2 is 1.71 bits per heavy atom. The van der Waals surface area contributed by atoms with Crippen LogP contribution in [0.25, 0.3) is 0 Å². The first-order valence-corrected chi connectivity index (χ1v) is 8.21. The highest BCUT2D eigenvalue weighted by molar-refractivity contribution is 6.03. The summed E-state index contributed by atoms with van der Waals surface area (Å²) < 4.78 is 44.3. The van der Waals surface area contributed by atoms with E-state index in [1.807, 2.05) is 0 Å². The van der Waals surface area contributed by atoms with E-state index < -0.39 is 17.6 Å². The van der Waals surface area contributed by atoms with Gasteiger partial charge in [0.25, 0.3) is 5.91 Å². The Morgan fingerprint density at radius 3 is 2.39 bits per heavy atom. The fourth-order valence-electron chi connectivity index (χ4n) is 2.50. The van der Waals surface area contributed by atoms with E-state index in [9.17, 15) is 18.0 Å². The lowest BCUT2D eigenvalue weighted by Crippen LogP contribution is -2.17. The third-order valence-corrected chi connectivity index (χ3v) is 3.85. The van der Waals surface area contributed by atoms with E-state index in [4.69, 9.17) is 4.74 Å². The van der Waals surface area contributed by atoms with Crippen molar-refractivity contribution in [2.75, 3.05) is 17.7 Å². The normalized spacial score (nSPS) is 11.0. The van der Waals surface area contributed by atoms with E-state index in [-0.39, 0.29) is 11.4 Å². The first-order chi connectivity index (χ1) is 13.4. The number of nitrogens with one attached hydrogen (secondary N) is 2. The number of rotatable bonds is 5. The molecule has 0 spiro atoms. The summed E-state index contributed by atoms with van der Waals surface area (Å²) >= 11 is 0. The zero-order valence-corrected chi connectivity index (χ0v) is 14.7. The summed E-state index contributed by atoms with van der Waals surface area (Å²) in [5.41, 5.74) is 0.0527. The highest BCUT2D eigenvalue weighted by Crippen LogP contribution is 2.34. The number of carbonyl (C=O) groups excluding carboxylic acids is 1. The highest BCUT2D eigenvalue weighted by Gasteiger charge is 2.33. The number of nitrogens with zero attached hydrogens (tertiary/aromatic N) is 1.